The second-order valence-electron chi connectivity index (χ2n) is 7.58. The summed E-state index contributed by atoms with van der Waals surface area (Å²) in [6, 6.07) is 4.92. The number of ether oxygens (including phenoxy) is 2. The van der Waals surface area contributed by atoms with Gasteiger partial charge in [-0.2, -0.15) is 0 Å². The van der Waals surface area contributed by atoms with Crippen LogP contribution < -0.4 is 20.8 Å². The number of rotatable bonds is 4. The minimum absolute atomic E-state index is 0.0614. The van der Waals surface area contributed by atoms with Crippen LogP contribution in [-0.4, -0.2) is 37.6 Å². The average molecular weight is 425 g/mol. The van der Waals surface area contributed by atoms with E-state index in [4.69, 9.17) is 15.2 Å². The highest BCUT2D eigenvalue weighted by molar-refractivity contribution is 5.98. The third-order valence-electron chi connectivity index (χ3n) is 6.02. The molecule has 2 aliphatic rings. The number of hydrogen-bond donors (Lipinski definition) is 4. The number of aliphatic hydroxyl groups is 2. The molecule has 3 aromatic rings. The van der Waals surface area contributed by atoms with Gasteiger partial charge >= 0.3 is 5.97 Å². The summed E-state index contributed by atoms with van der Waals surface area (Å²) in [4.78, 5) is 29.6. The number of aliphatic carboxylic acids is 1. The highest BCUT2D eigenvalue weighted by Crippen LogP contribution is 2.44. The van der Waals surface area contributed by atoms with Gasteiger partial charge < -0.3 is 35.1 Å². The number of carboxylic acid groups (broad SMARTS) is 1. The van der Waals surface area contributed by atoms with Crippen molar-refractivity contribution in [2.24, 2.45) is 0 Å². The highest BCUT2D eigenvalue weighted by Gasteiger charge is 2.40. The van der Waals surface area contributed by atoms with E-state index in [2.05, 4.69) is 4.98 Å². The molecule has 0 fully saturated rings. The summed E-state index contributed by atoms with van der Waals surface area (Å²) in [7, 11) is 0. The molecule has 10 nitrogen and oxygen atoms in total. The number of aliphatic hydroxyl groups excluding tert-OH is 1. The van der Waals surface area contributed by atoms with Crippen LogP contribution in [0.3, 0.4) is 0 Å². The molecule has 0 radical (unpaired) electrons. The molecular weight excluding hydrogens is 406 g/mol. The molecule has 2 aromatic heterocycles. The second-order valence-corrected chi connectivity index (χ2v) is 7.58. The summed E-state index contributed by atoms with van der Waals surface area (Å²) in [6.07, 6.45) is -0.184. The van der Waals surface area contributed by atoms with Crippen molar-refractivity contribution in [2.45, 2.75) is 32.1 Å². The Morgan fingerprint density at radius 1 is 1.32 bits per heavy atom. The van der Waals surface area contributed by atoms with Crippen molar-refractivity contribution in [1.82, 2.24) is 9.55 Å². The topological polar surface area (TPSA) is 157 Å². The number of aromatic nitrogens is 2. The molecule has 0 aliphatic carbocycles. The molecule has 2 aliphatic heterocycles. The molecule has 0 saturated carbocycles. The summed E-state index contributed by atoms with van der Waals surface area (Å²) in [5, 5.41) is 30.8. The molecule has 0 spiro atoms. The molecule has 1 atom stereocenters. The van der Waals surface area contributed by atoms with Gasteiger partial charge in [0.1, 0.15) is 0 Å². The lowest BCUT2D eigenvalue weighted by molar-refractivity contribution is -0.160. The highest BCUT2D eigenvalue weighted by atomic mass is 16.7. The van der Waals surface area contributed by atoms with Crippen LogP contribution in [0.2, 0.25) is 0 Å². The number of nitrogens with zero attached hydrogens (tertiary/aromatic N) is 2. The predicted octanol–water partition coefficient (Wildman–Crippen LogP) is 0.911. The molecule has 0 unspecified atom stereocenters. The van der Waals surface area contributed by atoms with Crippen molar-refractivity contribution in [3.05, 3.63) is 45.2 Å². The number of fused-ring (bicyclic) bond motifs is 5. The van der Waals surface area contributed by atoms with E-state index in [9.17, 15) is 24.9 Å². The van der Waals surface area contributed by atoms with Crippen LogP contribution in [0.1, 0.15) is 30.0 Å². The van der Waals surface area contributed by atoms with E-state index in [1.165, 1.54) is 17.6 Å². The molecule has 4 heterocycles. The Kier molecular flexibility index (Phi) is 4.01. The Labute approximate surface area is 175 Å². The standard InChI is InChI=1S/C21H19N3O7/c1-2-21(29,20(27)28)12-4-14-17-9(6-24(14)19(26)11(12)7-25)3-10-13(23-17)5-15-18(16(10)22)31-8-30-15/h3-5,25,29H,2,6-8,22H2,1H3,(H,27,28)/t21-/m1/s1. The van der Waals surface area contributed by atoms with Crippen LogP contribution in [0.4, 0.5) is 5.69 Å². The summed E-state index contributed by atoms with van der Waals surface area (Å²) >= 11 is 0. The van der Waals surface area contributed by atoms with Gasteiger partial charge in [-0.15, -0.1) is 0 Å². The van der Waals surface area contributed by atoms with Crippen molar-refractivity contribution in [3.63, 3.8) is 0 Å². The fourth-order valence-electron chi connectivity index (χ4n) is 4.28. The van der Waals surface area contributed by atoms with E-state index >= 15 is 0 Å². The van der Waals surface area contributed by atoms with E-state index in [1.807, 2.05) is 6.07 Å². The molecule has 10 heteroatoms. The quantitative estimate of drug-likeness (QED) is 0.349. The fraction of sp³-hybridized carbons (Fsp3) is 0.286. The molecule has 160 valence electrons. The van der Waals surface area contributed by atoms with Crippen molar-refractivity contribution in [2.75, 3.05) is 12.5 Å². The molecule has 0 amide bonds. The number of nitrogen functional groups attached to an aromatic ring is 1. The van der Waals surface area contributed by atoms with Crippen molar-refractivity contribution in [3.8, 4) is 22.9 Å². The summed E-state index contributed by atoms with van der Waals surface area (Å²) in [6.45, 7) is 1.02. The van der Waals surface area contributed by atoms with Crippen molar-refractivity contribution < 1.29 is 29.6 Å². The van der Waals surface area contributed by atoms with Gasteiger partial charge in [0.2, 0.25) is 6.79 Å². The Hall–Kier alpha value is -3.63. The van der Waals surface area contributed by atoms with Gasteiger partial charge in [-0.05, 0) is 18.6 Å². The van der Waals surface area contributed by atoms with Crippen LogP contribution in [-0.2, 0) is 23.5 Å². The van der Waals surface area contributed by atoms with Gasteiger partial charge in [-0.3, -0.25) is 4.79 Å². The lowest BCUT2D eigenvalue weighted by atomic mass is 9.87. The number of carbonyl (C=O) groups is 1. The van der Waals surface area contributed by atoms with E-state index in [-0.39, 0.29) is 30.9 Å². The molecule has 0 saturated heterocycles. The smallest absolute Gasteiger partial charge is 0.340 e. The van der Waals surface area contributed by atoms with Gasteiger partial charge in [-0.25, -0.2) is 9.78 Å². The fourth-order valence-corrected chi connectivity index (χ4v) is 4.28. The number of nitrogens with two attached hydrogens (primary N) is 1. The van der Waals surface area contributed by atoms with Gasteiger partial charge in [0.05, 0.1) is 35.7 Å². The monoisotopic (exact) mass is 425 g/mol. The van der Waals surface area contributed by atoms with Gasteiger partial charge in [-0.1, -0.05) is 6.92 Å². The molecule has 1 aromatic carbocycles. The number of anilines is 1. The zero-order valence-corrected chi connectivity index (χ0v) is 16.5. The first kappa shape index (κ1) is 19.3. The summed E-state index contributed by atoms with van der Waals surface area (Å²) in [5.74, 6) is -0.587. The van der Waals surface area contributed by atoms with E-state index in [0.29, 0.717) is 45.0 Å². The first-order chi connectivity index (χ1) is 14.8. The first-order valence-corrected chi connectivity index (χ1v) is 9.66. The van der Waals surface area contributed by atoms with Crippen LogP contribution in [0.25, 0.3) is 22.3 Å². The molecule has 5 N–H and O–H groups in total. The van der Waals surface area contributed by atoms with Gasteiger partial charge in [0.25, 0.3) is 5.56 Å². The Morgan fingerprint density at radius 2 is 2.10 bits per heavy atom. The minimum atomic E-state index is -2.32. The maximum Gasteiger partial charge on any atom is 0.340 e. The molecular formula is C21H19N3O7. The Bertz CT molecular complexity index is 1350. The van der Waals surface area contributed by atoms with Crippen LogP contribution in [0.15, 0.2) is 23.0 Å². The third-order valence-corrected chi connectivity index (χ3v) is 6.02. The van der Waals surface area contributed by atoms with Gasteiger partial charge in [0.15, 0.2) is 17.1 Å². The first-order valence-electron chi connectivity index (χ1n) is 9.66. The van der Waals surface area contributed by atoms with Crippen LogP contribution >= 0.6 is 0 Å². The predicted molar refractivity (Wildman–Crippen MR) is 109 cm³/mol. The van der Waals surface area contributed by atoms with Gasteiger partial charge in [0, 0.05) is 28.1 Å². The number of hydrogen-bond acceptors (Lipinski definition) is 8. The normalized spacial score (nSPS) is 15.6. The Morgan fingerprint density at radius 3 is 2.77 bits per heavy atom. The maximum atomic E-state index is 13.1. The zero-order valence-electron chi connectivity index (χ0n) is 16.5. The van der Waals surface area contributed by atoms with Crippen LogP contribution in [0.5, 0.6) is 11.5 Å². The van der Waals surface area contributed by atoms with E-state index in [1.54, 1.807) is 6.07 Å². The zero-order chi connectivity index (χ0) is 22.1. The molecule has 31 heavy (non-hydrogen) atoms. The lowest BCUT2D eigenvalue weighted by Gasteiger charge is -2.25. The van der Waals surface area contributed by atoms with Crippen LogP contribution in [0, 0.1) is 0 Å². The third kappa shape index (κ3) is 2.49. The largest absolute Gasteiger partial charge is 0.479 e. The maximum absolute atomic E-state index is 13.1. The SMILES string of the molecule is CC[C@](O)(C(=O)O)c1cc2n(c(=O)c1CO)Cc1cc3c(N)c4c(cc3nc1-2)OCO4. The second kappa shape index (κ2) is 6.43. The summed E-state index contributed by atoms with van der Waals surface area (Å²) in [5.41, 5.74) is 5.48. The average Bonchev–Trinajstić information content (AvgIpc) is 3.36. The minimum Gasteiger partial charge on any atom is -0.479 e. The number of carboxylic acids is 1. The van der Waals surface area contributed by atoms with Crippen molar-refractivity contribution in [1.29, 1.82) is 0 Å². The van der Waals surface area contributed by atoms with Crippen molar-refractivity contribution >= 4 is 22.6 Å². The lowest BCUT2D eigenvalue weighted by Crippen LogP contribution is -2.39. The summed E-state index contributed by atoms with van der Waals surface area (Å²) < 4.78 is 12.2. The molecule has 0 bridgehead atoms. The number of pyridine rings is 2. The Balaban J connectivity index is 1.79. The van der Waals surface area contributed by atoms with E-state index < -0.39 is 23.7 Å². The molecule has 5 rings (SSSR count). The van der Waals surface area contributed by atoms with E-state index in [0.717, 1.165) is 0 Å². The number of benzene rings is 1.